The van der Waals surface area contributed by atoms with Crippen molar-refractivity contribution in [3.05, 3.63) is 102 Å². The second-order valence-electron chi connectivity index (χ2n) is 9.58. The summed E-state index contributed by atoms with van der Waals surface area (Å²) in [6.07, 6.45) is -0.713. The normalized spacial score (nSPS) is 26.9. The molecule has 0 radical (unpaired) electrons. The Bertz CT molecular complexity index is 1160. The number of esters is 1. The van der Waals surface area contributed by atoms with E-state index in [4.69, 9.17) is 23.7 Å². The first kappa shape index (κ1) is 26.9. The van der Waals surface area contributed by atoms with Gasteiger partial charge in [0, 0.05) is 17.1 Å². The van der Waals surface area contributed by atoms with Crippen molar-refractivity contribution < 1.29 is 28.5 Å². The van der Waals surface area contributed by atoms with Gasteiger partial charge in [0.25, 0.3) is 0 Å². The second-order valence-corrected chi connectivity index (χ2v) is 10.7. The van der Waals surface area contributed by atoms with E-state index in [1.54, 1.807) is 12.1 Å². The predicted octanol–water partition coefficient (Wildman–Crippen LogP) is 6.34. The lowest BCUT2D eigenvalue weighted by molar-refractivity contribution is -0.323. The number of hydrogen-bond donors (Lipinski definition) is 0. The molecule has 0 aliphatic carbocycles. The zero-order valence-corrected chi connectivity index (χ0v) is 22.5. The summed E-state index contributed by atoms with van der Waals surface area (Å²) in [5.74, 6) is -0.414. The molecule has 0 saturated carbocycles. The van der Waals surface area contributed by atoms with Gasteiger partial charge >= 0.3 is 5.97 Å². The molecule has 6 nitrogen and oxygen atoms in total. The molecule has 2 saturated heterocycles. The van der Waals surface area contributed by atoms with Crippen LogP contribution in [-0.4, -0.2) is 49.0 Å². The molecule has 0 aromatic heterocycles. The molecule has 200 valence electrons. The minimum atomic E-state index is -0.693. The summed E-state index contributed by atoms with van der Waals surface area (Å²) in [5.41, 5.74) is 2.08. The third-order valence-electron chi connectivity index (χ3n) is 6.69. The fourth-order valence-corrected chi connectivity index (χ4v) is 5.72. The van der Waals surface area contributed by atoms with Crippen molar-refractivity contribution in [1.29, 1.82) is 0 Å². The molecule has 2 aliphatic heterocycles. The van der Waals surface area contributed by atoms with E-state index in [0.717, 1.165) is 23.3 Å². The van der Waals surface area contributed by atoms with Gasteiger partial charge < -0.3 is 23.7 Å². The number of hydrogen-bond acceptors (Lipinski definition) is 7. The Kier molecular flexibility index (Phi) is 9.14. The first-order valence-corrected chi connectivity index (χ1v) is 14.1. The number of thioether (sulfide) groups is 1. The Balaban J connectivity index is 1.45. The fraction of sp³-hybridized carbons (Fsp3) is 0.387. The van der Waals surface area contributed by atoms with Crippen molar-refractivity contribution in [2.45, 2.75) is 67.7 Å². The Morgan fingerprint density at radius 3 is 2.34 bits per heavy atom. The lowest BCUT2D eigenvalue weighted by Gasteiger charge is -2.48. The van der Waals surface area contributed by atoms with Crippen LogP contribution >= 0.6 is 11.8 Å². The summed E-state index contributed by atoms with van der Waals surface area (Å²) in [5, 5.41) is 0. The fourth-order valence-electron chi connectivity index (χ4n) is 4.62. The van der Waals surface area contributed by atoms with E-state index in [0.29, 0.717) is 18.8 Å². The van der Waals surface area contributed by atoms with Crippen LogP contribution in [0.5, 0.6) is 0 Å². The molecule has 3 aromatic carbocycles. The van der Waals surface area contributed by atoms with Gasteiger partial charge in [-0.15, -0.1) is 0 Å². The molecule has 38 heavy (non-hydrogen) atoms. The average molecular weight is 535 g/mol. The first-order chi connectivity index (χ1) is 18.6. The molecule has 2 aliphatic rings. The number of carbonyl (C=O) groups is 1. The van der Waals surface area contributed by atoms with Crippen LogP contribution in [0.15, 0.2) is 89.8 Å². The minimum absolute atomic E-state index is 0.349. The smallest absolute Gasteiger partial charge is 0.338 e. The SMILES string of the molecule is CCCCOC1[C@@H]2OC(c3ccccc3)OCC2O[C@@H](Sc2ccc(C)cc2)[C@H]1OC(=O)c1ccccc1. The number of benzene rings is 3. The molecule has 0 spiro atoms. The van der Waals surface area contributed by atoms with Gasteiger partial charge in [-0.25, -0.2) is 4.79 Å². The summed E-state index contributed by atoms with van der Waals surface area (Å²) in [6.45, 7) is 5.06. The summed E-state index contributed by atoms with van der Waals surface area (Å²) in [7, 11) is 0. The summed E-state index contributed by atoms with van der Waals surface area (Å²) in [6, 6.07) is 27.1. The number of carbonyl (C=O) groups excluding carboxylic acids is 1. The van der Waals surface area contributed by atoms with Crippen LogP contribution < -0.4 is 0 Å². The number of unbranched alkanes of at least 4 members (excludes halogenated alkanes) is 1. The molecule has 6 atom stereocenters. The maximum atomic E-state index is 13.3. The summed E-state index contributed by atoms with van der Waals surface area (Å²) >= 11 is 1.52. The van der Waals surface area contributed by atoms with Gasteiger partial charge in [0.1, 0.15) is 23.7 Å². The average Bonchev–Trinajstić information content (AvgIpc) is 2.96. The third-order valence-corrected chi connectivity index (χ3v) is 7.85. The minimum Gasteiger partial charge on any atom is -0.452 e. The van der Waals surface area contributed by atoms with Crippen LogP contribution in [0, 0.1) is 6.92 Å². The summed E-state index contributed by atoms with van der Waals surface area (Å²) < 4.78 is 31.8. The predicted molar refractivity (Wildman–Crippen MR) is 146 cm³/mol. The molecular formula is C31H34O6S. The van der Waals surface area contributed by atoms with Crippen molar-refractivity contribution in [3.63, 3.8) is 0 Å². The number of fused-ring (bicyclic) bond motifs is 1. The van der Waals surface area contributed by atoms with Gasteiger partial charge in [0.15, 0.2) is 12.4 Å². The molecule has 5 rings (SSSR count). The monoisotopic (exact) mass is 534 g/mol. The van der Waals surface area contributed by atoms with E-state index < -0.39 is 36.0 Å². The molecule has 7 heteroatoms. The van der Waals surface area contributed by atoms with E-state index in [2.05, 4.69) is 38.1 Å². The van der Waals surface area contributed by atoms with Gasteiger partial charge in [-0.3, -0.25) is 0 Å². The highest BCUT2D eigenvalue weighted by Crippen LogP contribution is 2.41. The van der Waals surface area contributed by atoms with E-state index >= 15 is 0 Å². The Morgan fingerprint density at radius 2 is 1.63 bits per heavy atom. The lowest BCUT2D eigenvalue weighted by Crippen LogP contribution is -2.62. The molecule has 0 amide bonds. The van der Waals surface area contributed by atoms with Crippen molar-refractivity contribution in [3.8, 4) is 0 Å². The Hall–Kier alpha value is -2.68. The van der Waals surface area contributed by atoms with Crippen LogP contribution in [0.4, 0.5) is 0 Å². The van der Waals surface area contributed by atoms with E-state index in [1.165, 1.54) is 17.3 Å². The topological polar surface area (TPSA) is 63.2 Å². The largest absolute Gasteiger partial charge is 0.452 e. The first-order valence-electron chi connectivity index (χ1n) is 13.2. The molecule has 3 aromatic rings. The standard InChI is InChI=1S/C31H34O6S/c1-3-4-19-33-27-26-25(20-34-30(37-26)23-13-9-6-10-14-23)35-31(38-24-17-15-21(2)16-18-24)28(27)36-29(32)22-11-7-5-8-12-22/h5-18,25-28,30-31H,3-4,19-20H2,1-2H3/t25?,26-,27?,28+,30?,31+/m1/s1. The lowest BCUT2D eigenvalue weighted by atomic mass is 9.98. The Labute approximate surface area is 228 Å². The van der Waals surface area contributed by atoms with Crippen LogP contribution in [-0.2, 0) is 23.7 Å². The Morgan fingerprint density at radius 1 is 0.921 bits per heavy atom. The van der Waals surface area contributed by atoms with Gasteiger partial charge in [0.2, 0.25) is 0 Å². The van der Waals surface area contributed by atoms with Crippen molar-refractivity contribution >= 4 is 17.7 Å². The number of aryl methyl sites for hydroxylation is 1. The summed E-state index contributed by atoms with van der Waals surface area (Å²) in [4.78, 5) is 14.3. The maximum Gasteiger partial charge on any atom is 0.338 e. The van der Waals surface area contributed by atoms with E-state index in [-0.39, 0.29) is 6.10 Å². The zero-order chi connectivity index (χ0) is 26.3. The molecule has 0 N–H and O–H groups in total. The van der Waals surface area contributed by atoms with Gasteiger partial charge in [-0.1, -0.05) is 91.3 Å². The maximum absolute atomic E-state index is 13.3. The zero-order valence-electron chi connectivity index (χ0n) is 21.7. The third kappa shape index (κ3) is 6.47. The number of ether oxygens (including phenoxy) is 5. The molecule has 2 heterocycles. The molecule has 0 bridgehead atoms. The van der Waals surface area contributed by atoms with Crippen LogP contribution in [0.25, 0.3) is 0 Å². The highest BCUT2D eigenvalue weighted by molar-refractivity contribution is 7.99. The van der Waals surface area contributed by atoms with Crippen molar-refractivity contribution in [2.75, 3.05) is 13.2 Å². The van der Waals surface area contributed by atoms with Crippen LogP contribution in [0.2, 0.25) is 0 Å². The van der Waals surface area contributed by atoms with Gasteiger partial charge in [-0.05, 0) is 37.6 Å². The highest BCUT2D eigenvalue weighted by atomic mass is 32.2. The quantitative estimate of drug-likeness (QED) is 0.235. The van der Waals surface area contributed by atoms with E-state index in [9.17, 15) is 4.79 Å². The molecular weight excluding hydrogens is 500 g/mol. The van der Waals surface area contributed by atoms with Gasteiger partial charge in [0.05, 0.1) is 12.2 Å². The number of rotatable bonds is 9. The van der Waals surface area contributed by atoms with Crippen molar-refractivity contribution in [1.82, 2.24) is 0 Å². The van der Waals surface area contributed by atoms with Crippen LogP contribution in [0.1, 0.15) is 47.5 Å². The van der Waals surface area contributed by atoms with Crippen molar-refractivity contribution in [2.24, 2.45) is 0 Å². The van der Waals surface area contributed by atoms with E-state index in [1.807, 2.05) is 48.5 Å². The van der Waals surface area contributed by atoms with Crippen LogP contribution in [0.3, 0.4) is 0 Å². The second kappa shape index (κ2) is 12.9. The molecule has 3 unspecified atom stereocenters. The van der Waals surface area contributed by atoms with Gasteiger partial charge in [-0.2, -0.15) is 0 Å². The molecule has 2 fully saturated rings. The highest BCUT2D eigenvalue weighted by Gasteiger charge is 2.52.